The van der Waals surface area contributed by atoms with E-state index < -0.39 is 0 Å². The number of hydrogen-bond acceptors (Lipinski definition) is 1. The molecule has 1 atom stereocenters. The van der Waals surface area contributed by atoms with E-state index in [4.69, 9.17) is 0 Å². The van der Waals surface area contributed by atoms with Gasteiger partial charge in [0.05, 0.1) is 0 Å². The molecule has 1 N–H and O–H groups in total. The van der Waals surface area contributed by atoms with Crippen molar-refractivity contribution < 1.29 is 4.79 Å². The maximum absolute atomic E-state index is 10.8. The fraction of sp³-hybridized carbons (Fsp3) is 0.889. The van der Waals surface area contributed by atoms with Gasteiger partial charge in [0.1, 0.15) is 0 Å². The first-order chi connectivity index (χ1) is 5.06. The van der Waals surface area contributed by atoms with Crippen molar-refractivity contribution in [2.24, 2.45) is 11.3 Å². The van der Waals surface area contributed by atoms with Crippen LogP contribution in [0.4, 0.5) is 0 Å². The minimum Gasteiger partial charge on any atom is -0.356 e. The third-order valence-electron chi connectivity index (χ3n) is 2.58. The van der Waals surface area contributed by atoms with Crippen LogP contribution in [0.25, 0.3) is 0 Å². The Bertz CT molecular complexity index is 163. The molecule has 2 nitrogen and oxygen atoms in total. The van der Waals surface area contributed by atoms with E-state index in [1.54, 1.807) is 0 Å². The first kappa shape index (κ1) is 8.57. The van der Waals surface area contributed by atoms with Crippen molar-refractivity contribution in [3.63, 3.8) is 0 Å². The summed E-state index contributed by atoms with van der Waals surface area (Å²) in [5.41, 5.74) is 0.487. The Morgan fingerprint density at radius 2 is 2.18 bits per heavy atom. The molecule has 2 heteroatoms. The molecule has 1 saturated carbocycles. The summed E-state index contributed by atoms with van der Waals surface area (Å²) in [6, 6.07) is 0. The molecule has 11 heavy (non-hydrogen) atoms. The van der Waals surface area contributed by atoms with Crippen LogP contribution in [0.1, 0.15) is 33.6 Å². The van der Waals surface area contributed by atoms with Crippen LogP contribution >= 0.6 is 0 Å². The minimum absolute atomic E-state index is 0.174. The van der Waals surface area contributed by atoms with Gasteiger partial charge in [0.25, 0.3) is 0 Å². The van der Waals surface area contributed by atoms with E-state index in [2.05, 4.69) is 19.2 Å². The molecule has 1 unspecified atom stereocenters. The summed E-state index contributed by atoms with van der Waals surface area (Å²) >= 11 is 0. The largest absolute Gasteiger partial charge is 0.356 e. The second kappa shape index (κ2) is 2.84. The van der Waals surface area contributed by atoms with Crippen LogP contribution in [0.15, 0.2) is 0 Å². The number of nitrogens with one attached hydrogen (secondary N) is 1. The molecule has 0 aromatic rings. The molecule has 0 aromatic carbocycles. The van der Waals surface area contributed by atoms with E-state index >= 15 is 0 Å². The lowest BCUT2D eigenvalue weighted by molar-refractivity contribution is -0.120. The smallest absolute Gasteiger partial charge is 0.219 e. The zero-order valence-electron chi connectivity index (χ0n) is 7.61. The van der Waals surface area contributed by atoms with Crippen LogP contribution in [-0.4, -0.2) is 12.5 Å². The third kappa shape index (κ3) is 2.21. The molecule has 0 spiro atoms. The molecular weight excluding hydrogens is 138 g/mol. The predicted molar refractivity (Wildman–Crippen MR) is 45.2 cm³/mol. The highest BCUT2D eigenvalue weighted by atomic mass is 16.1. The van der Waals surface area contributed by atoms with Gasteiger partial charge in [-0.25, -0.2) is 0 Å². The zero-order chi connectivity index (χ0) is 8.48. The summed E-state index contributed by atoms with van der Waals surface area (Å²) in [5.74, 6) is 0.894. The van der Waals surface area contributed by atoms with Crippen molar-refractivity contribution in [1.82, 2.24) is 5.32 Å². The maximum Gasteiger partial charge on any atom is 0.219 e. The fourth-order valence-corrected chi connectivity index (χ4v) is 1.29. The van der Waals surface area contributed by atoms with Crippen molar-refractivity contribution in [3.05, 3.63) is 0 Å². The molecule has 0 aromatic heterocycles. The van der Waals surface area contributed by atoms with Gasteiger partial charge in [-0.3, -0.25) is 4.79 Å². The molecule has 0 bridgehead atoms. The molecule has 0 saturated heterocycles. The third-order valence-corrected chi connectivity index (χ3v) is 2.58. The Morgan fingerprint density at radius 1 is 1.64 bits per heavy atom. The topological polar surface area (TPSA) is 29.1 Å². The molecule has 64 valence electrons. The van der Waals surface area contributed by atoms with Crippen molar-refractivity contribution in [3.8, 4) is 0 Å². The molecule has 1 fully saturated rings. The van der Waals surface area contributed by atoms with E-state index in [1.807, 2.05) is 6.92 Å². The SMILES string of the molecule is CCC(=O)NCC1CC1(C)C. The fourth-order valence-electron chi connectivity index (χ4n) is 1.29. The van der Waals surface area contributed by atoms with Gasteiger partial charge in [-0.05, 0) is 17.8 Å². The first-order valence-corrected chi connectivity index (χ1v) is 4.33. The Labute approximate surface area is 68.4 Å². The quantitative estimate of drug-likeness (QED) is 0.658. The summed E-state index contributed by atoms with van der Waals surface area (Å²) in [6.07, 6.45) is 1.87. The van der Waals surface area contributed by atoms with Gasteiger partial charge in [-0.2, -0.15) is 0 Å². The highest BCUT2D eigenvalue weighted by Gasteiger charge is 2.45. The van der Waals surface area contributed by atoms with Crippen molar-refractivity contribution in [2.75, 3.05) is 6.54 Å². The number of hydrogen-bond donors (Lipinski definition) is 1. The number of carbonyl (C=O) groups excluding carboxylic acids is 1. The van der Waals surface area contributed by atoms with Crippen LogP contribution in [0, 0.1) is 11.3 Å². The van der Waals surface area contributed by atoms with Crippen molar-refractivity contribution >= 4 is 5.91 Å². The second-order valence-electron chi connectivity index (χ2n) is 4.05. The lowest BCUT2D eigenvalue weighted by Crippen LogP contribution is -2.25. The van der Waals surface area contributed by atoms with Crippen molar-refractivity contribution in [1.29, 1.82) is 0 Å². The average Bonchev–Trinajstić information content (AvgIpc) is 2.54. The normalized spacial score (nSPS) is 26.3. The summed E-state index contributed by atoms with van der Waals surface area (Å²) in [4.78, 5) is 10.8. The van der Waals surface area contributed by atoms with Crippen LogP contribution in [0.2, 0.25) is 0 Å². The van der Waals surface area contributed by atoms with E-state index in [0.717, 1.165) is 12.5 Å². The van der Waals surface area contributed by atoms with Crippen molar-refractivity contribution in [2.45, 2.75) is 33.6 Å². The van der Waals surface area contributed by atoms with E-state index in [-0.39, 0.29) is 5.91 Å². The van der Waals surface area contributed by atoms with Gasteiger partial charge in [0, 0.05) is 13.0 Å². The first-order valence-electron chi connectivity index (χ1n) is 4.33. The van der Waals surface area contributed by atoms with E-state index in [0.29, 0.717) is 11.8 Å². The monoisotopic (exact) mass is 155 g/mol. The number of carbonyl (C=O) groups is 1. The summed E-state index contributed by atoms with van der Waals surface area (Å²) in [7, 11) is 0. The lowest BCUT2D eigenvalue weighted by Gasteiger charge is -2.04. The lowest BCUT2D eigenvalue weighted by atomic mass is 10.1. The Balaban J connectivity index is 2.11. The van der Waals surface area contributed by atoms with Crippen LogP contribution in [-0.2, 0) is 4.79 Å². The molecule has 1 aliphatic carbocycles. The standard InChI is InChI=1S/C9H17NO/c1-4-8(11)10-6-7-5-9(7,2)3/h7H,4-6H2,1-3H3,(H,10,11). The molecule has 0 heterocycles. The van der Waals surface area contributed by atoms with Gasteiger partial charge in [0.2, 0.25) is 5.91 Å². The van der Waals surface area contributed by atoms with Crippen LogP contribution in [0.3, 0.4) is 0 Å². The number of amides is 1. The second-order valence-corrected chi connectivity index (χ2v) is 4.05. The van der Waals surface area contributed by atoms with Crippen LogP contribution < -0.4 is 5.32 Å². The van der Waals surface area contributed by atoms with Gasteiger partial charge < -0.3 is 5.32 Å². The molecule has 1 aliphatic rings. The molecule has 1 rings (SSSR count). The Kier molecular flexibility index (Phi) is 2.21. The average molecular weight is 155 g/mol. The summed E-state index contributed by atoms with van der Waals surface area (Å²) in [6.45, 7) is 7.25. The Morgan fingerprint density at radius 3 is 2.55 bits per heavy atom. The minimum atomic E-state index is 0.174. The molecule has 1 amide bonds. The van der Waals surface area contributed by atoms with Gasteiger partial charge in [-0.1, -0.05) is 20.8 Å². The van der Waals surface area contributed by atoms with Gasteiger partial charge in [-0.15, -0.1) is 0 Å². The molecule has 0 aliphatic heterocycles. The zero-order valence-corrected chi connectivity index (χ0v) is 7.61. The highest BCUT2D eigenvalue weighted by molar-refractivity contribution is 5.75. The number of rotatable bonds is 3. The van der Waals surface area contributed by atoms with Gasteiger partial charge >= 0.3 is 0 Å². The summed E-state index contributed by atoms with van der Waals surface area (Å²) < 4.78 is 0. The van der Waals surface area contributed by atoms with Crippen LogP contribution in [0.5, 0.6) is 0 Å². The summed E-state index contributed by atoms with van der Waals surface area (Å²) in [5, 5.41) is 2.91. The Hall–Kier alpha value is -0.530. The van der Waals surface area contributed by atoms with Gasteiger partial charge in [0.15, 0.2) is 0 Å². The molecule has 0 radical (unpaired) electrons. The highest BCUT2D eigenvalue weighted by Crippen LogP contribution is 2.50. The van der Waals surface area contributed by atoms with E-state index in [1.165, 1.54) is 6.42 Å². The van der Waals surface area contributed by atoms with E-state index in [9.17, 15) is 4.79 Å². The predicted octanol–water partition coefficient (Wildman–Crippen LogP) is 1.56. The maximum atomic E-state index is 10.8. The molecular formula is C9H17NO.